The number of amides is 1. The van der Waals surface area contributed by atoms with E-state index in [4.69, 9.17) is 22.1 Å². The first-order valence-electron chi connectivity index (χ1n) is 11.7. The van der Waals surface area contributed by atoms with Crippen LogP contribution < -0.4 is 15.8 Å². The fourth-order valence-corrected chi connectivity index (χ4v) is 5.13. The topological polar surface area (TPSA) is 126 Å². The van der Waals surface area contributed by atoms with Crippen LogP contribution in [0.3, 0.4) is 0 Å². The number of nitrogens with zero attached hydrogens (tertiary/aromatic N) is 2. The van der Waals surface area contributed by atoms with E-state index in [1.165, 1.54) is 13.4 Å². The standard InChI is InChI=1S/C26H22ClF3N4O5S/c1-13(15-5-3-4-6-16(15)27)38-20-11-21(40-22(20)23(31)35)34-12-33-17-8-7-14(10-19(17)34)9-18(32-2)24(36)39-25(37)26(28,29)30/h3-8,10-13,18,32H,9H2,1-2H3,(H2,31,35)/t13-,18+/m1/s1. The van der Waals surface area contributed by atoms with Crippen molar-refractivity contribution in [1.82, 2.24) is 14.9 Å². The van der Waals surface area contributed by atoms with E-state index in [-0.39, 0.29) is 17.0 Å². The fourth-order valence-electron chi connectivity index (χ4n) is 3.91. The molecule has 0 aliphatic carbocycles. The number of nitrogens with one attached hydrogen (secondary N) is 1. The molecule has 2 aromatic heterocycles. The molecule has 1 amide bonds. The molecule has 0 bridgehead atoms. The average molecular weight is 595 g/mol. The maximum atomic E-state index is 12.5. The number of ether oxygens (including phenoxy) is 2. The van der Waals surface area contributed by atoms with Gasteiger partial charge in [-0.3, -0.25) is 9.36 Å². The van der Waals surface area contributed by atoms with Crippen molar-refractivity contribution in [3.8, 4) is 10.8 Å². The Hall–Kier alpha value is -3.94. The van der Waals surface area contributed by atoms with Gasteiger partial charge in [-0.2, -0.15) is 13.2 Å². The summed E-state index contributed by atoms with van der Waals surface area (Å²) in [5.41, 5.74) is 8.03. The van der Waals surface area contributed by atoms with Crippen molar-refractivity contribution in [2.45, 2.75) is 31.7 Å². The van der Waals surface area contributed by atoms with E-state index in [0.29, 0.717) is 26.6 Å². The van der Waals surface area contributed by atoms with Gasteiger partial charge in [0, 0.05) is 16.7 Å². The van der Waals surface area contributed by atoms with Crippen molar-refractivity contribution in [3.63, 3.8) is 0 Å². The third-order valence-corrected chi connectivity index (χ3v) is 7.38. The number of primary amides is 1. The zero-order chi connectivity index (χ0) is 29.2. The number of benzene rings is 2. The summed E-state index contributed by atoms with van der Waals surface area (Å²) in [7, 11) is 1.36. The summed E-state index contributed by atoms with van der Waals surface area (Å²) in [5.74, 6) is -4.38. The number of alkyl halides is 3. The van der Waals surface area contributed by atoms with Crippen LogP contribution >= 0.6 is 22.9 Å². The quantitative estimate of drug-likeness (QED) is 0.212. The summed E-state index contributed by atoms with van der Waals surface area (Å²) in [6.45, 7) is 1.79. The van der Waals surface area contributed by atoms with E-state index in [1.54, 1.807) is 47.9 Å². The van der Waals surface area contributed by atoms with Gasteiger partial charge in [0.25, 0.3) is 5.91 Å². The van der Waals surface area contributed by atoms with Crippen LogP contribution in [0.25, 0.3) is 16.0 Å². The summed E-state index contributed by atoms with van der Waals surface area (Å²) >= 11 is 7.36. The van der Waals surface area contributed by atoms with E-state index < -0.39 is 36.2 Å². The monoisotopic (exact) mass is 594 g/mol. The number of halogens is 4. The van der Waals surface area contributed by atoms with Crippen LogP contribution in [-0.2, 0) is 20.7 Å². The number of hydrogen-bond donors (Lipinski definition) is 2. The van der Waals surface area contributed by atoms with Crippen LogP contribution in [0.15, 0.2) is 54.9 Å². The summed E-state index contributed by atoms with van der Waals surface area (Å²) in [6, 6.07) is 12.6. The second-order valence-electron chi connectivity index (χ2n) is 8.61. The van der Waals surface area contributed by atoms with Gasteiger partial charge in [0.2, 0.25) is 0 Å². The zero-order valence-electron chi connectivity index (χ0n) is 21.0. The molecule has 0 spiro atoms. The Bertz CT molecular complexity index is 1590. The molecule has 0 unspecified atom stereocenters. The summed E-state index contributed by atoms with van der Waals surface area (Å²) in [4.78, 5) is 40.0. The summed E-state index contributed by atoms with van der Waals surface area (Å²) in [5, 5.41) is 3.62. The summed E-state index contributed by atoms with van der Waals surface area (Å²) < 4.78 is 49.2. The number of nitrogens with two attached hydrogens (primary N) is 1. The Kier molecular flexibility index (Phi) is 8.47. The van der Waals surface area contributed by atoms with Crippen LogP contribution in [0.2, 0.25) is 5.02 Å². The lowest BCUT2D eigenvalue weighted by atomic mass is 10.1. The Labute approximate surface area is 234 Å². The molecule has 14 heteroatoms. The van der Waals surface area contributed by atoms with Crippen molar-refractivity contribution in [3.05, 3.63) is 75.9 Å². The summed E-state index contributed by atoms with van der Waals surface area (Å²) in [6.07, 6.45) is -4.35. The first-order valence-corrected chi connectivity index (χ1v) is 12.9. The van der Waals surface area contributed by atoms with Crippen molar-refractivity contribution >= 4 is 51.8 Å². The number of thiophene rings is 1. The molecular weight excluding hydrogens is 573 g/mol. The zero-order valence-corrected chi connectivity index (χ0v) is 22.6. The molecule has 4 rings (SSSR count). The van der Waals surface area contributed by atoms with Gasteiger partial charge in [0.1, 0.15) is 34.1 Å². The maximum Gasteiger partial charge on any atom is 0.491 e. The first-order chi connectivity index (χ1) is 18.9. The Morgan fingerprint density at radius 3 is 2.55 bits per heavy atom. The van der Waals surface area contributed by atoms with E-state index in [9.17, 15) is 27.6 Å². The van der Waals surface area contributed by atoms with Crippen molar-refractivity contribution in [2.24, 2.45) is 5.73 Å². The SMILES string of the molecule is CN[C@@H](Cc1ccc2ncn(-c3cc(O[C@H](C)c4ccccc4Cl)c(C(N)=O)s3)c2c1)C(=O)OC(=O)C(F)(F)F. The largest absolute Gasteiger partial charge is 0.491 e. The first kappa shape index (κ1) is 29.1. The maximum absolute atomic E-state index is 12.5. The molecule has 2 aromatic carbocycles. The minimum absolute atomic E-state index is 0.0811. The lowest BCUT2D eigenvalue weighted by Crippen LogP contribution is -2.40. The van der Waals surface area contributed by atoms with Gasteiger partial charge >= 0.3 is 18.1 Å². The lowest BCUT2D eigenvalue weighted by molar-refractivity contribution is -0.202. The molecule has 0 aliphatic rings. The lowest BCUT2D eigenvalue weighted by Gasteiger charge is -2.16. The molecule has 0 aliphatic heterocycles. The predicted molar refractivity (Wildman–Crippen MR) is 142 cm³/mol. The Morgan fingerprint density at radius 1 is 1.18 bits per heavy atom. The van der Waals surface area contributed by atoms with E-state index in [2.05, 4.69) is 15.0 Å². The predicted octanol–water partition coefficient (Wildman–Crippen LogP) is 4.74. The molecule has 3 N–H and O–H groups in total. The molecule has 0 saturated heterocycles. The molecule has 0 radical (unpaired) electrons. The van der Waals surface area contributed by atoms with Crippen molar-refractivity contribution in [1.29, 1.82) is 0 Å². The van der Waals surface area contributed by atoms with Gasteiger partial charge in [-0.25, -0.2) is 14.6 Å². The van der Waals surface area contributed by atoms with Gasteiger partial charge in [0.05, 0.1) is 11.0 Å². The molecule has 210 valence electrons. The molecule has 4 aromatic rings. The molecule has 2 heterocycles. The van der Waals surface area contributed by atoms with Crippen LogP contribution in [-0.4, -0.2) is 46.7 Å². The number of aromatic nitrogens is 2. The normalized spacial score (nSPS) is 13.2. The average Bonchev–Trinajstić information content (AvgIpc) is 3.50. The van der Waals surface area contributed by atoms with Crippen LogP contribution in [0.4, 0.5) is 13.2 Å². The molecule has 0 fully saturated rings. The van der Waals surface area contributed by atoms with Crippen LogP contribution in [0.5, 0.6) is 5.75 Å². The third kappa shape index (κ3) is 6.27. The smallest absolute Gasteiger partial charge is 0.484 e. The molecule has 2 atom stereocenters. The van der Waals surface area contributed by atoms with Gasteiger partial charge in [0.15, 0.2) is 0 Å². The molecular formula is C26H22ClF3N4O5S. The highest BCUT2D eigenvalue weighted by Crippen LogP contribution is 2.37. The third-order valence-electron chi connectivity index (χ3n) is 5.90. The van der Waals surface area contributed by atoms with E-state index in [0.717, 1.165) is 16.9 Å². The van der Waals surface area contributed by atoms with Gasteiger partial charge in [-0.15, -0.1) is 11.3 Å². The molecule has 40 heavy (non-hydrogen) atoms. The second kappa shape index (κ2) is 11.7. The number of imidazole rings is 1. The second-order valence-corrected chi connectivity index (χ2v) is 10.1. The molecule has 0 saturated carbocycles. The molecule has 9 nitrogen and oxygen atoms in total. The van der Waals surface area contributed by atoms with Crippen molar-refractivity contribution < 1.29 is 37.0 Å². The number of carbonyl (C=O) groups excluding carboxylic acids is 3. The Morgan fingerprint density at radius 2 is 1.90 bits per heavy atom. The number of likely N-dealkylation sites (N-methyl/N-ethyl adjacent to an activating group) is 1. The van der Waals surface area contributed by atoms with Crippen LogP contribution in [0, 0.1) is 0 Å². The number of hydrogen-bond acceptors (Lipinski definition) is 8. The number of fused-ring (bicyclic) bond motifs is 1. The highest BCUT2D eigenvalue weighted by molar-refractivity contribution is 7.16. The highest BCUT2D eigenvalue weighted by Gasteiger charge is 2.43. The minimum atomic E-state index is -5.29. The number of carbonyl (C=O) groups is 3. The van der Waals surface area contributed by atoms with E-state index in [1.807, 2.05) is 12.1 Å². The van der Waals surface area contributed by atoms with Gasteiger partial charge < -0.3 is 20.5 Å². The number of esters is 2. The highest BCUT2D eigenvalue weighted by atomic mass is 35.5. The van der Waals surface area contributed by atoms with Crippen molar-refractivity contribution in [2.75, 3.05) is 7.05 Å². The van der Waals surface area contributed by atoms with Gasteiger partial charge in [-0.1, -0.05) is 35.9 Å². The number of rotatable bonds is 9. The minimum Gasteiger partial charge on any atom is -0.484 e. The Balaban J connectivity index is 1.62. The fraction of sp³-hybridized carbons (Fsp3) is 0.231. The van der Waals surface area contributed by atoms with Crippen LogP contribution in [0.1, 0.15) is 33.8 Å². The van der Waals surface area contributed by atoms with E-state index >= 15 is 0 Å². The van der Waals surface area contributed by atoms with Gasteiger partial charge in [-0.05, 0) is 44.2 Å².